The molecular formula is C13H15Cl2N3. The van der Waals surface area contributed by atoms with E-state index in [1.807, 2.05) is 0 Å². The fraction of sp³-hybridized carbons (Fsp3) is 0.538. The number of hydrogen-bond acceptors (Lipinski definition) is 2. The summed E-state index contributed by atoms with van der Waals surface area (Å²) >= 11 is 12.3. The number of fused-ring (bicyclic) bond motifs is 1. The number of nitrogens with zero attached hydrogens (tertiary/aromatic N) is 3. The minimum Gasteiger partial charge on any atom is -0.323 e. The van der Waals surface area contributed by atoms with Gasteiger partial charge < -0.3 is 4.57 Å². The molecule has 1 unspecified atom stereocenters. The molecule has 0 saturated heterocycles. The average molecular weight is 284 g/mol. The molecule has 1 aliphatic carbocycles. The van der Waals surface area contributed by atoms with Gasteiger partial charge >= 0.3 is 0 Å². The van der Waals surface area contributed by atoms with Crippen molar-refractivity contribution in [2.75, 3.05) is 0 Å². The second kappa shape index (κ2) is 4.71. The summed E-state index contributed by atoms with van der Waals surface area (Å²) in [5.74, 6) is 2.01. The van der Waals surface area contributed by atoms with Gasteiger partial charge in [-0.15, -0.1) is 11.6 Å². The molecule has 2 aromatic rings. The fourth-order valence-corrected chi connectivity index (χ4v) is 3.16. The molecule has 0 amide bonds. The van der Waals surface area contributed by atoms with Crippen molar-refractivity contribution in [2.45, 2.75) is 38.1 Å². The van der Waals surface area contributed by atoms with E-state index in [-0.39, 0.29) is 0 Å². The van der Waals surface area contributed by atoms with Crippen molar-refractivity contribution in [1.82, 2.24) is 14.5 Å². The van der Waals surface area contributed by atoms with Crippen LogP contribution in [0.4, 0.5) is 0 Å². The number of imidazole rings is 1. The smallest absolute Gasteiger partial charge is 0.125 e. The maximum atomic E-state index is 6.28. The van der Waals surface area contributed by atoms with Crippen LogP contribution in [0.1, 0.15) is 38.1 Å². The predicted octanol–water partition coefficient (Wildman–Crippen LogP) is 4.18. The summed E-state index contributed by atoms with van der Waals surface area (Å²) in [7, 11) is 0. The molecule has 1 saturated carbocycles. The van der Waals surface area contributed by atoms with Crippen LogP contribution in [0.25, 0.3) is 11.0 Å². The minimum absolute atomic E-state index is 0.400. The highest BCUT2D eigenvalue weighted by Gasteiger charge is 2.28. The van der Waals surface area contributed by atoms with Crippen molar-refractivity contribution in [3.8, 4) is 0 Å². The van der Waals surface area contributed by atoms with Crippen molar-refractivity contribution in [1.29, 1.82) is 0 Å². The monoisotopic (exact) mass is 283 g/mol. The summed E-state index contributed by atoms with van der Waals surface area (Å²) in [6.07, 6.45) is 7.32. The molecule has 0 aliphatic heterocycles. The Balaban J connectivity index is 2.17. The first-order chi connectivity index (χ1) is 8.72. The van der Waals surface area contributed by atoms with Crippen LogP contribution >= 0.6 is 23.2 Å². The Labute approximate surface area is 116 Å². The molecule has 0 radical (unpaired) electrons. The van der Waals surface area contributed by atoms with E-state index in [0.717, 1.165) is 16.9 Å². The topological polar surface area (TPSA) is 30.7 Å². The van der Waals surface area contributed by atoms with E-state index in [2.05, 4.69) is 21.5 Å². The third kappa shape index (κ3) is 1.81. The van der Waals surface area contributed by atoms with Crippen LogP contribution in [0.3, 0.4) is 0 Å². The molecule has 96 valence electrons. The highest BCUT2D eigenvalue weighted by Crippen LogP contribution is 2.39. The molecule has 1 aliphatic rings. The molecule has 2 heterocycles. The molecule has 1 fully saturated rings. The van der Waals surface area contributed by atoms with Gasteiger partial charge in [-0.25, -0.2) is 4.98 Å². The van der Waals surface area contributed by atoms with Gasteiger partial charge in [-0.2, -0.15) is 0 Å². The molecule has 3 nitrogen and oxygen atoms in total. The maximum absolute atomic E-state index is 6.28. The Bertz CT molecular complexity index is 575. The number of halogens is 2. The van der Waals surface area contributed by atoms with E-state index in [1.165, 1.54) is 19.3 Å². The lowest BCUT2D eigenvalue weighted by atomic mass is 9.80. The van der Waals surface area contributed by atoms with Gasteiger partial charge in [0.05, 0.1) is 22.6 Å². The Kier molecular flexibility index (Phi) is 3.20. The molecule has 18 heavy (non-hydrogen) atoms. The molecule has 0 bridgehead atoms. The van der Waals surface area contributed by atoms with Crippen LogP contribution in [0.5, 0.6) is 0 Å². The quantitative estimate of drug-likeness (QED) is 0.791. The number of aromatic nitrogens is 3. The standard InChI is InChI=1S/C13H15Cl2N3/c1-8(9-3-2-4-9)18-12(5-14)17-11-7-16-6-10(15)13(11)18/h6-9H,2-5H2,1H3. The summed E-state index contributed by atoms with van der Waals surface area (Å²) in [6.45, 7) is 2.23. The van der Waals surface area contributed by atoms with E-state index in [1.54, 1.807) is 12.4 Å². The van der Waals surface area contributed by atoms with Crippen LogP contribution in [-0.4, -0.2) is 14.5 Å². The van der Waals surface area contributed by atoms with E-state index in [0.29, 0.717) is 22.9 Å². The van der Waals surface area contributed by atoms with Crippen LogP contribution in [0.2, 0.25) is 5.02 Å². The average Bonchev–Trinajstić information content (AvgIpc) is 2.66. The molecule has 5 heteroatoms. The van der Waals surface area contributed by atoms with Crippen LogP contribution < -0.4 is 0 Å². The summed E-state index contributed by atoms with van der Waals surface area (Å²) in [4.78, 5) is 8.63. The second-order valence-corrected chi connectivity index (χ2v) is 5.63. The maximum Gasteiger partial charge on any atom is 0.125 e. The summed E-state index contributed by atoms with van der Waals surface area (Å²) in [5.41, 5.74) is 1.81. The van der Waals surface area contributed by atoms with E-state index < -0.39 is 0 Å². The molecular weight excluding hydrogens is 269 g/mol. The normalized spacial score (nSPS) is 17.9. The molecule has 1 atom stereocenters. The molecule has 0 N–H and O–H groups in total. The Morgan fingerprint density at radius 2 is 2.22 bits per heavy atom. The first-order valence-corrected chi connectivity index (χ1v) is 7.20. The van der Waals surface area contributed by atoms with Gasteiger partial charge in [0, 0.05) is 12.2 Å². The highest BCUT2D eigenvalue weighted by molar-refractivity contribution is 6.34. The third-order valence-corrected chi connectivity index (χ3v) is 4.50. The van der Waals surface area contributed by atoms with Crippen molar-refractivity contribution in [2.24, 2.45) is 5.92 Å². The Morgan fingerprint density at radius 1 is 1.44 bits per heavy atom. The van der Waals surface area contributed by atoms with Gasteiger partial charge in [0.1, 0.15) is 11.3 Å². The van der Waals surface area contributed by atoms with E-state index in [9.17, 15) is 0 Å². The fourth-order valence-electron chi connectivity index (χ4n) is 2.73. The number of hydrogen-bond donors (Lipinski definition) is 0. The van der Waals surface area contributed by atoms with Gasteiger partial charge in [0.25, 0.3) is 0 Å². The SMILES string of the molecule is CC(C1CCC1)n1c(CCl)nc2cncc(Cl)c21. The summed E-state index contributed by atoms with van der Waals surface area (Å²) in [5, 5.41) is 0.655. The third-order valence-electron chi connectivity index (χ3n) is 3.98. The first-order valence-electron chi connectivity index (χ1n) is 6.28. The van der Waals surface area contributed by atoms with Crippen molar-refractivity contribution in [3.63, 3.8) is 0 Å². The predicted molar refractivity (Wildman–Crippen MR) is 74.1 cm³/mol. The van der Waals surface area contributed by atoms with Crippen molar-refractivity contribution < 1.29 is 0 Å². The van der Waals surface area contributed by atoms with E-state index >= 15 is 0 Å². The van der Waals surface area contributed by atoms with Crippen molar-refractivity contribution in [3.05, 3.63) is 23.2 Å². The molecule has 3 rings (SSSR count). The number of pyridine rings is 1. The zero-order chi connectivity index (χ0) is 12.7. The zero-order valence-corrected chi connectivity index (χ0v) is 11.7. The summed E-state index contributed by atoms with van der Waals surface area (Å²) in [6, 6.07) is 0.400. The van der Waals surface area contributed by atoms with Crippen LogP contribution in [0, 0.1) is 5.92 Å². The van der Waals surface area contributed by atoms with Crippen molar-refractivity contribution >= 4 is 34.2 Å². The van der Waals surface area contributed by atoms with Gasteiger partial charge in [0.15, 0.2) is 0 Å². The first kappa shape index (κ1) is 12.2. The molecule has 0 aromatic carbocycles. The summed E-state index contributed by atoms with van der Waals surface area (Å²) < 4.78 is 2.20. The second-order valence-electron chi connectivity index (χ2n) is 4.95. The van der Waals surface area contributed by atoms with Crippen LogP contribution in [0.15, 0.2) is 12.4 Å². The molecule has 0 spiro atoms. The largest absolute Gasteiger partial charge is 0.323 e. The number of alkyl halides is 1. The zero-order valence-electron chi connectivity index (χ0n) is 10.2. The Morgan fingerprint density at radius 3 is 2.83 bits per heavy atom. The molecule has 2 aromatic heterocycles. The van der Waals surface area contributed by atoms with Gasteiger partial charge in [-0.05, 0) is 25.7 Å². The van der Waals surface area contributed by atoms with Gasteiger partial charge in [-0.3, -0.25) is 4.98 Å². The minimum atomic E-state index is 0.400. The number of rotatable bonds is 3. The Hall–Kier alpha value is -0.800. The lowest BCUT2D eigenvalue weighted by Crippen LogP contribution is -2.24. The van der Waals surface area contributed by atoms with Gasteiger partial charge in [0.2, 0.25) is 0 Å². The lowest BCUT2D eigenvalue weighted by Gasteiger charge is -2.33. The highest BCUT2D eigenvalue weighted by atomic mass is 35.5. The lowest BCUT2D eigenvalue weighted by molar-refractivity contribution is 0.223. The van der Waals surface area contributed by atoms with Crippen LogP contribution in [-0.2, 0) is 5.88 Å². The van der Waals surface area contributed by atoms with E-state index in [4.69, 9.17) is 23.2 Å². The van der Waals surface area contributed by atoms with Gasteiger partial charge in [-0.1, -0.05) is 18.0 Å².